The molecule has 0 saturated carbocycles. The molecule has 0 aliphatic heterocycles. The van der Waals surface area contributed by atoms with E-state index in [1.165, 1.54) is 25.3 Å². The van der Waals surface area contributed by atoms with Crippen LogP contribution in [0.3, 0.4) is 0 Å². The van der Waals surface area contributed by atoms with E-state index in [9.17, 15) is 14.9 Å². The van der Waals surface area contributed by atoms with E-state index in [1.807, 2.05) is 26.0 Å². The van der Waals surface area contributed by atoms with Gasteiger partial charge >= 0.3 is 0 Å². The minimum absolute atomic E-state index is 0.0929. The number of hydrogen-bond acceptors (Lipinski definition) is 5. The first kappa shape index (κ1) is 17.3. The number of methoxy groups -OCH3 is 1. The summed E-state index contributed by atoms with van der Waals surface area (Å²) < 4.78 is 10.4. The highest BCUT2D eigenvalue weighted by Crippen LogP contribution is 2.29. The van der Waals surface area contributed by atoms with Crippen LogP contribution in [0.25, 0.3) is 0 Å². The van der Waals surface area contributed by atoms with Gasteiger partial charge in [0.1, 0.15) is 17.2 Å². The number of nitro benzene ring substituents is 1. The van der Waals surface area contributed by atoms with Crippen LogP contribution in [0.1, 0.15) is 11.1 Å². The maximum Gasteiger partial charge on any atom is 0.296 e. The number of carbonyl (C=O) groups is 1. The molecule has 0 aliphatic carbocycles. The number of amides is 1. The Labute approximate surface area is 139 Å². The van der Waals surface area contributed by atoms with Crippen LogP contribution in [-0.4, -0.2) is 24.5 Å². The van der Waals surface area contributed by atoms with Gasteiger partial charge in [0, 0.05) is 0 Å². The summed E-state index contributed by atoms with van der Waals surface area (Å²) in [5.74, 6) is 0.463. The third kappa shape index (κ3) is 4.01. The van der Waals surface area contributed by atoms with Crippen LogP contribution in [-0.2, 0) is 4.79 Å². The van der Waals surface area contributed by atoms with Crippen molar-refractivity contribution in [2.24, 2.45) is 0 Å². The van der Waals surface area contributed by atoms with Crippen molar-refractivity contribution in [1.82, 2.24) is 0 Å². The van der Waals surface area contributed by atoms with E-state index in [-0.39, 0.29) is 18.0 Å². The zero-order valence-electron chi connectivity index (χ0n) is 13.7. The largest absolute Gasteiger partial charge is 0.496 e. The van der Waals surface area contributed by atoms with Crippen molar-refractivity contribution in [3.63, 3.8) is 0 Å². The third-order valence-corrected chi connectivity index (χ3v) is 3.59. The van der Waals surface area contributed by atoms with Gasteiger partial charge < -0.3 is 14.8 Å². The summed E-state index contributed by atoms with van der Waals surface area (Å²) in [6, 6.07) is 9.76. The Morgan fingerprint density at radius 3 is 2.67 bits per heavy atom. The van der Waals surface area contributed by atoms with Crippen LogP contribution < -0.4 is 14.8 Å². The molecule has 24 heavy (non-hydrogen) atoms. The van der Waals surface area contributed by atoms with Gasteiger partial charge in [-0.15, -0.1) is 0 Å². The number of benzene rings is 2. The zero-order valence-corrected chi connectivity index (χ0v) is 13.7. The van der Waals surface area contributed by atoms with Crippen molar-refractivity contribution in [3.8, 4) is 11.5 Å². The second-order valence-corrected chi connectivity index (χ2v) is 5.18. The summed E-state index contributed by atoms with van der Waals surface area (Å²) in [7, 11) is 1.41. The molecule has 0 atom stereocenters. The van der Waals surface area contributed by atoms with E-state index in [2.05, 4.69) is 5.32 Å². The molecule has 0 aromatic heterocycles. The summed E-state index contributed by atoms with van der Waals surface area (Å²) in [4.78, 5) is 22.5. The molecule has 1 N–H and O–H groups in total. The summed E-state index contributed by atoms with van der Waals surface area (Å²) in [6.45, 7) is 3.60. The molecule has 2 aromatic carbocycles. The van der Waals surface area contributed by atoms with Crippen LogP contribution in [0.4, 0.5) is 11.4 Å². The Morgan fingerprint density at radius 1 is 1.25 bits per heavy atom. The number of ether oxygens (including phenoxy) is 2. The van der Waals surface area contributed by atoms with Gasteiger partial charge in [-0.25, -0.2) is 0 Å². The van der Waals surface area contributed by atoms with Crippen LogP contribution in [0, 0.1) is 24.0 Å². The van der Waals surface area contributed by atoms with Crippen molar-refractivity contribution in [2.45, 2.75) is 13.8 Å². The second-order valence-electron chi connectivity index (χ2n) is 5.18. The molecule has 7 nitrogen and oxygen atoms in total. The Hall–Kier alpha value is -3.09. The highest BCUT2D eigenvalue weighted by atomic mass is 16.6. The lowest BCUT2D eigenvalue weighted by molar-refractivity contribution is -0.384. The fourth-order valence-corrected chi connectivity index (χ4v) is 2.11. The summed E-state index contributed by atoms with van der Waals surface area (Å²) in [5, 5.41) is 13.6. The monoisotopic (exact) mass is 330 g/mol. The second kappa shape index (κ2) is 7.45. The lowest BCUT2D eigenvalue weighted by Gasteiger charge is -2.11. The smallest absolute Gasteiger partial charge is 0.296 e. The third-order valence-electron chi connectivity index (χ3n) is 3.59. The molecule has 7 heteroatoms. The molecule has 0 spiro atoms. The van der Waals surface area contributed by atoms with Gasteiger partial charge in [0.05, 0.1) is 18.1 Å². The van der Waals surface area contributed by atoms with E-state index >= 15 is 0 Å². The maximum absolute atomic E-state index is 12.0. The molecule has 1 amide bonds. The fourth-order valence-electron chi connectivity index (χ4n) is 2.11. The molecule has 0 radical (unpaired) electrons. The van der Waals surface area contributed by atoms with E-state index < -0.39 is 10.8 Å². The number of nitro groups is 1. The maximum atomic E-state index is 12.0. The number of carbonyl (C=O) groups excluding carboxylic acids is 1. The molecule has 0 heterocycles. The molecule has 2 rings (SSSR count). The number of anilines is 1. The first-order valence-corrected chi connectivity index (χ1v) is 7.23. The Kier molecular flexibility index (Phi) is 5.36. The van der Waals surface area contributed by atoms with Crippen molar-refractivity contribution in [1.29, 1.82) is 0 Å². The van der Waals surface area contributed by atoms with Crippen molar-refractivity contribution in [3.05, 3.63) is 57.6 Å². The van der Waals surface area contributed by atoms with E-state index in [0.717, 1.165) is 11.1 Å². The number of hydrogen-bond donors (Lipinski definition) is 1. The minimum atomic E-state index is -0.580. The number of aryl methyl sites for hydroxylation is 1. The SMILES string of the molecule is COc1ccc(NC(=O)COc2cccc(C)c2C)c([N+](=O)[O-])c1. The number of rotatable bonds is 6. The Bertz CT molecular complexity index is 774. The van der Waals surface area contributed by atoms with Gasteiger partial charge in [-0.05, 0) is 43.2 Å². The van der Waals surface area contributed by atoms with Gasteiger partial charge in [-0.1, -0.05) is 12.1 Å². The van der Waals surface area contributed by atoms with Gasteiger partial charge in [0.25, 0.3) is 11.6 Å². The molecule has 0 fully saturated rings. The Morgan fingerprint density at radius 2 is 2.00 bits per heavy atom. The van der Waals surface area contributed by atoms with Crippen LogP contribution in [0.15, 0.2) is 36.4 Å². The average Bonchev–Trinajstić information content (AvgIpc) is 2.56. The topological polar surface area (TPSA) is 90.7 Å². The Balaban J connectivity index is 2.07. The fraction of sp³-hybridized carbons (Fsp3) is 0.235. The van der Waals surface area contributed by atoms with E-state index in [0.29, 0.717) is 11.5 Å². The molecular formula is C17H18N2O5. The standard InChI is InChI=1S/C17H18N2O5/c1-11-5-4-6-16(12(11)2)24-10-17(20)18-14-8-7-13(23-3)9-15(14)19(21)22/h4-9H,10H2,1-3H3,(H,18,20). The quantitative estimate of drug-likeness (QED) is 0.648. The first-order chi connectivity index (χ1) is 11.4. The van der Waals surface area contributed by atoms with Gasteiger partial charge in [-0.3, -0.25) is 14.9 Å². The molecule has 0 saturated heterocycles. The average molecular weight is 330 g/mol. The highest BCUT2D eigenvalue weighted by molar-refractivity contribution is 5.94. The van der Waals surface area contributed by atoms with Gasteiger partial charge in [-0.2, -0.15) is 0 Å². The molecule has 0 bridgehead atoms. The summed E-state index contributed by atoms with van der Waals surface area (Å²) >= 11 is 0. The van der Waals surface area contributed by atoms with Crippen LogP contribution in [0.2, 0.25) is 0 Å². The lowest BCUT2D eigenvalue weighted by atomic mass is 10.1. The predicted octanol–water partition coefficient (Wildman–Crippen LogP) is 3.24. The van der Waals surface area contributed by atoms with Crippen LogP contribution >= 0.6 is 0 Å². The van der Waals surface area contributed by atoms with E-state index in [1.54, 1.807) is 6.07 Å². The molecule has 2 aromatic rings. The van der Waals surface area contributed by atoms with Crippen molar-refractivity contribution >= 4 is 17.3 Å². The minimum Gasteiger partial charge on any atom is -0.496 e. The van der Waals surface area contributed by atoms with E-state index in [4.69, 9.17) is 9.47 Å². The first-order valence-electron chi connectivity index (χ1n) is 7.23. The normalized spacial score (nSPS) is 10.1. The predicted molar refractivity (Wildman–Crippen MR) is 89.7 cm³/mol. The molecule has 0 aliphatic rings. The molecule has 126 valence electrons. The molecular weight excluding hydrogens is 312 g/mol. The summed E-state index contributed by atoms with van der Waals surface area (Å²) in [6.07, 6.45) is 0. The molecule has 0 unspecified atom stereocenters. The lowest BCUT2D eigenvalue weighted by Crippen LogP contribution is -2.21. The van der Waals surface area contributed by atoms with Gasteiger partial charge in [0.2, 0.25) is 0 Å². The van der Waals surface area contributed by atoms with Crippen LogP contribution in [0.5, 0.6) is 11.5 Å². The van der Waals surface area contributed by atoms with Crippen molar-refractivity contribution in [2.75, 3.05) is 19.0 Å². The van der Waals surface area contributed by atoms with Crippen molar-refractivity contribution < 1.29 is 19.2 Å². The zero-order chi connectivity index (χ0) is 17.7. The highest BCUT2D eigenvalue weighted by Gasteiger charge is 2.17. The van der Waals surface area contributed by atoms with Gasteiger partial charge in [0.15, 0.2) is 6.61 Å². The summed E-state index contributed by atoms with van der Waals surface area (Å²) in [5.41, 5.74) is 1.85. The number of nitrogens with zero attached hydrogens (tertiary/aromatic N) is 1. The number of nitrogens with one attached hydrogen (secondary N) is 1.